The minimum Gasteiger partial charge on any atom is -0.396 e. The summed E-state index contributed by atoms with van der Waals surface area (Å²) < 4.78 is 0.972. The third-order valence-corrected chi connectivity index (χ3v) is 4.02. The lowest BCUT2D eigenvalue weighted by Gasteiger charge is -2.13. The molecule has 3 rings (SSSR count). The van der Waals surface area contributed by atoms with Crippen molar-refractivity contribution in [1.82, 2.24) is 4.98 Å². The first-order valence-corrected chi connectivity index (χ1v) is 7.72. The Morgan fingerprint density at radius 3 is 2.59 bits per heavy atom. The summed E-state index contributed by atoms with van der Waals surface area (Å²) in [5.41, 5.74) is 10.2. The third kappa shape index (κ3) is 2.91. The molecule has 112 valence electrons. The van der Waals surface area contributed by atoms with Gasteiger partial charge in [-0.15, -0.1) is 0 Å². The molecule has 0 spiro atoms. The summed E-state index contributed by atoms with van der Waals surface area (Å²) in [5, 5.41) is 13.9. The largest absolute Gasteiger partial charge is 0.396 e. The number of fused-ring (bicyclic) bond motifs is 1. The normalized spacial score (nSPS) is 12.3. The van der Waals surface area contributed by atoms with Gasteiger partial charge in [0.25, 0.3) is 0 Å². The van der Waals surface area contributed by atoms with Gasteiger partial charge in [0.15, 0.2) is 0 Å². The number of pyridine rings is 1. The Hall–Kier alpha value is -2.11. The van der Waals surface area contributed by atoms with Crippen LogP contribution in [-0.4, -0.2) is 10.1 Å². The van der Waals surface area contributed by atoms with Gasteiger partial charge in [-0.25, -0.2) is 0 Å². The van der Waals surface area contributed by atoms with E-state index in [1.54, 1.807) is 13.1 Å². The quantitative estimate of drug-likeness (QED) is 0.650. The highest BCUT2D eigenvalue weighted by Gasteiger charge is 2.08. The van der Waals surface area contributed by atoms with Gasteiger partial charge in [0.1, 0.15) is 0 Å². The second kappa shape index (κ2) is 5.94. The van der Waals surface area contributed by atoms with Crippen LogP contribution in [0.4, 0.5) is 17.1 Å². The summed E-state index contributed by atoms with van der Waals surface area (Å²) >= 11 is 3.48. The molecule has 0 aliphatic heterocycles. The number of nitrogens with zero attached hydrogens (tertiary/aromatic N) is 1. The monoisotopic (exact) mass is 357 g/mol. The number of nitrogen functional groups attached to an aromatic ring is 1. The van der Waals surface area contributed by atoms with Gasteiger partial charge < -0.3 is 16.2 Å². The second-order valence-corrected chi connectivity index (χ2v) is 6.09. The Labute approximate surface area is 137 Å². The molecule has 0 aliphatic rings. The summed E-state index contributed by atoms with van der Waals surface area (Å²) in [5.74, 6) is 0. The number of nitrogens with two attached hydrogens (primary N) is 1. The molecule has 3 aromatic rings. The maximum Gasteiger partial charge on any atom is 0.0761 e. The van der Waals surface area contributed by atoms with Crippen molar-refractivity contribution >= 4 is 43.9 Å². The lowest BCUT2D eigenvalue weighted by atomic mass is 10.1. The number of rotatable bonds is 3. The molecule has 0 aliphatic carbocycles. The summed E-state index contributed by atoms with van der Waals surface area (Å²) in [6, 6.07) is 13.5. The van der Waals surface area contributed by atoms with E-state index < -0.39 is 6.10 Å². The minimum absolute atomic E-state index is 0.475. The van der Waals surface area contributed by atoms with E-state index in [4.69, 9.17) is 5.73 Å². The van der Waals surface area contributed by atoms with Crippen LogP contribution < -0.4 is 11.1 Å². The molecular formula is C17H16BrN3O. The Morgan fingerprint density at radius 2 is 1.91 bits per heavy atom. The van der Waals surface area contributed by atoms with E-state index in [2.05, 4.69) is 26.2 Å². The number of hydrogen-bond donors (Lipinski definition) is 3. The van der Waals surface area contributed by atoms with E-state index in [0.717, 1.165) is 32.3 Å². The highest BCUT2D eigenvalue weighted by molar-refractivity contribution is 9.10. The second-order valence-electron chi connectivity index (χ2n) is 5.17. The van der Waals surface area contributed by atoms with Crippen LogP contribution in [0.2, 0.25) is 0 Å². The topological polar surface area (TPSA) is 71.2 Å². The van der Waals surface area contributed by atoms with E-state index in [1.807, 2.05) is 42.5 Å². The van der Waals surface area contributed by atoms with Crippen molar-refractivity contribution < 1.29 is 5.11 Å². The fraction of sp³-hybridized carbons (Fsp3) is 0.118. The summed E-state index contributed by atoms with van der Waals surface area (Å²) in [4.78, 5) is 4.34. The molecule has 0 saturated heterocycles. The molecule has 0 fully saturated rings. The standard InChI is InChI=1S/C17H16BrN3O/c1-10(22)11-2-5-13(6-3-11)21-17-14-8-12(18)4-7-16(14)20-9-15(17)19/h2-10,22H,19H2,1H3,(H,20,21). The van der Waals surface area contributed by atoms with Crippen molar-refractivity contribution in [2.75, 3.05) is 11.1 Å². The average molecular weight is 358 g/mol. The zero-order valence-corrected chi connectivity index (χ0v) is 13.6. The molecule has 22 heavy (non-hydrogen) atoms. The van der Waals surface area contributed by atoms with Crippen molar-refractivity contribution in [1.29, 1.82) is 0 Å². The Balaban J connectivity index is 2.02. The van der Waals surface area contributed by atoms with Crippen LogP contribution in [0.25, 0.3) is 10.9 Å². The number of aliphatic hydroxyl groups excluding tert-OH is 1. The molecule has 4 nitrogen and oxygen atoms in total. The van der Waals surface area contributed by atoms with Gasteiger partial charge in [0.2, 0.25) is 0 Å². The van der Waals surface area contributed by atoms with Crippen LogP contribution in [0, 0.1) is 0 Å². The highest BCUT2D eigenvalue weighted by Crippen LogP contribution is 2.32. The number of halogens is 1. The van der Waals surface area contributed by atoms with Gasteiger partial charge in [0.05, 0.1) is 29.2 Å². The zero-order valence-electron chi connectivity index (χ0n) is 12.0. The number of benzene rings is 2. The Kier molecular flexibility index (Phi) is 4.00. The lowest BCUT2D eigenvalue weighted by molar-refractivity contribution is 0.199. The van der Waals surface area contributed by atoms with Crippen LogP contribution in [0.15, 0.2) is 53.1 Å². The van der Waals surface area contributed by atoms with Crippen LogP contribution in [0.1, 0.15) is 18.6 Å². The molecule has 5 heteroatoms. The molecule has 0 radical (unpaired) electrons. The lowest BCUT2D eigenvalue weighted by Crippen LogP contribution is -1.99. The summed E-state index contributed by atoms with van der Waals surface area (Å²) in [6.07, 6.45) is 1.18. The van der Waals surface area contributed by atoms with Crippen molar-refractivity contribution in [3.8, 4) is 0 Å². The Bertz CT molecular complexity index is 811. The smallest absolute Gasteiger partial charge is 0.0761 e. The first kappa shape index (κ1) is 14.8. The van der Waals surface area contributed by atoms with Crippen LogP contribution in [0.5, 0.6) is 0 Å². The molecule has 1 aromatic heterocycles. The van der Waals surface area contributed by atoms with E-state index in [-0.39, 0.29) is 0 Å². The number of nitrogens with one attached hydrogen (secondary N) is 1. The van der Waals surface area contributed by atoms with Crippen molar-refractivity contribution in [3.05, 3.63) is 58.7 Å². The highest BCUT2D eigenvalue weighted by atomic mass is 79.9. The number of anilines is 3. The first-order chi connectivity index (χ1) is 10.5. The van der Waals surface area contributed by atoms with Crippen LogP contribution in [0.3, 0.4) is 0 Å². The van der Waals surface area contributed by atoms with Gasteiger partial charge >= 0.3 is 0 Å². The average Bonchev–Trinajstić information content (AvgIpc) is 2.51. The molecule has 1 atom stereocenters. The van der Waals surface area contributed by atoms with Crippen LogP contribution >= 0.6 is 15.9 Å². The molecule has 0 amide bonds. The predicted octanol–water partition coefficient (Wildman–Crippen LogP) is 4.38. The fourth-order valence-corrected chi connectivity index (χ4v) is 2.67. The van der Waals surface area contributed by atoms with Gasteiger partial charge in [0, 0.05) is 15.5 Å². The van der Waals surface area contributed by atoms with E-state index in [9.17, 15) is 5.11 Å². The predicted molar refractivity (Wildman–Crippen MR) is 94.2 cm³/mol. The molecule has 0 saturated carbocycles. The summed E-state index contributed by atoms with van der Waals surface area (Å²) in [6.45, 7) is 1.74. The first-order valence-electron chi connectivity index (χ1n) is 6.93. The van der Waals surface area contributed by atoms with E-state index in [0.29, 0.717) is 5.69 Å². The van der Waals surface area contributed by atoms with Crippen LogP contribution in [-0.2, 0) is 0 Å². The Morgan fingerprint density at radius 1 is 1.18 bits per heavy atom. The molecule has 1 unspecified atom stereocenters. The molecule has 2 aromatic carbocycles. The van der Waals surface area contributed by atoms with Gasteiger partial charge in [-0.1, -0.05) is 28.1 Å². The number of aromatic nitrogens is 1. The zero-order chi connectivity index (χ0) is 15.7. The van der Waals surface area contributed by atoms with Crippen molar-refractivity contribution in [3.63, 3.8) is 0 Å². The maximum absolute atomic E-state index is 9.57. The molecule has 4 N–H and O–H groups in total. The van der Waals surface area contributed by atoms with Gasteiger partial charge in [-0.2, -0.15) is 0 Å². The van der Waals surface area contributed by atoms with Crippen molar-refractivity contribution in [2.24, 2.45) is 0 Å². The summed E-state index contributed by atoms with van der Waals surface area (Å²) in [7, 11) is 0. The van der Waals surface area contributed by atoms with E-state index in [1.165, 1.54) is 0 Å². The van der Waals surface area contributed by atoms with Gasteiger partial charge in [-0.05, 0) is 42.8 Å². The van der Waals surface area contributed by atoms with Gasteiger partial charge in [-0.3, -0.25) is 4.98 Å². The molecule has 0 bridgehead atoms. The third-order valence-electron chi connectivity index (χ3n) is 3.52. The number of aliphatic hydroxyl groups is 1. The SMILES string of the molecule is CC(O)c1ccc(Nc2c(N)cnc3ccc(Br)cc23)cc1. The number of hydrogen-bond acceptors (Lipinski definition) is 4. The minimum atomic E-state index is -0.475. The maximum atomic E-state index is 9.57. The fourth-order valence-electron chi connectivity index (χ4n) is 2.31. The molecular weight excluding hydrogens is 342 g/mol. The van der Waals surface area contributed by atoms with E-state index >= 15 is 0 Å². The van der Waals surface area contributed by atoms with Crippen molar-refractivity contribution in [2.45, 2.75) is 13.0 Å². The molecule has 1 heterocycles.